The van der Waals surface area contributed by atoms with Crippen molar-refractivity contribution < 1.29 is 19.1 Å². The first-order chi connectivity index (χ1) is 13.6. The third-order valence-corrected chi connectivity index (χ3v) is 4.82. The molecule has 0 N–H and O–H groups in total. The Morgan fingerprint density at radius 2 is 1.75 bits per heavy atom. The zero-order chi connectivity index (χ0) is 20.1. The Bertz CT molecular complexity index is 838. The average Bonchev–Trinajstić information content (AvgIpc) is 3.10. The summed E-state index contributed by atoms with van der Waals surface area (Å²) in [6, 6.07) is 14.2. The van der Waals surface area contributed by atoms with Crippen LogP contribution < -0.4 is 14.4 Å². The fraction of sp³-hybridized carbons (Fsp3) is 0.364. The van der Waals surface area contributed by atoms with Crippen molar-refractivity contribution >= 4 is 17.5 Å². The molecule has 6 heteroatoms. The molecule has 0 aliphatic carbocycles. The van der Waals surface area contributed by atoms with E-state index < -0.39 is 6.04 Å². The highest BCUT2D eigenvalue weighted by Crippen LogP contribution is 2.30. The van der Waals surface area contributed by atoms with Gasteiger partial charge in [0, 0.05) is 24.8 Å². The van der Waals surface area contributed by atoms with E-state index >= 15 is 0 Å². The van der Waals surface area contributed by atoms with Crippen LogP contribution in [0.2, 0.25) is 0 Å². The average molecular weight is 382 g/mol. The molecular weight excluding hydrogens is 356 g/mol. The van der Waals surface area contributed by atoms with Crippen LogP contribution in [0.5, 0.6) is 11.5 Å². The van der Waals surface area contributed by atoms with Gasteiger partial charge in [-0.05, 0) is 50.6 Å². The van der Waals surface area contributed by atoms with E-state index in [0.29, 0.717) is 43.2 Å². The fourth-order valence-electron chi connectivity index (χ4n) is 3.42. The van der Waals surface area contributed by atoms with E-state index in [9.17, 15) is 9.59 Å². The largest absolute Gasteiger partial charge is 0.490 e. The van der Waals surface area contributed by atoms with Crippen LogP contribution >= 0.6 is 0 Å². The number of ether oxygens (including phenoxy) is 2. The third kappa shape index (κ3) is 3.96. The van der Waals surface area contributed by atoms with Crippen LogP contribution in [-0.4, -0.2) is 49.6 Å². The summed E-state index contributed by atoms with van der Waals surface area (Å²) in [7, 11) is 1.68. The van der Waals surface area contributed by atoms with Gasteiger partial charge in [0.15, 0.2) is 11.5 Å². The van der Waals surface area contributed by atoms with Crippen LogP contribution in [-0.2, 0) is 4.79 Å². The maximum atomic E-state index is 13.0. The molecule has 2 amide bonds. The van der Waals surface area contributed by atoms with Crippen LogP contribution in [0.1, 0.15) is 30.6 Å². The molecule has 1 atom stereocenters. The monoisotopic (exact) mass is 382 g/mol. The Balaban J connectivity index is 1.77. The van der Waals surface area contributed by atoms with Crippen molar-refractivity contribution in [1.29, 1.82) is 0 Å². The summed E-state index contributed by atoms with van der Waals surface area (Å²) >= 11 is 0. The predicted molar refractivity (Wildman–Crippen MR) is 108 cm³/mol. The zero-order valence-electron chi connectivity index (χ0n) is 16.6. The van der Waals surface area contributed by atoms with E-state index in [1.165, 1.54) is 4.90 Å². The SMILES string of the molecule is CCOc1ccc(C(=O)N(C)C2CCN(c3ccccc3)C2=O)cc1OCC. The topological polar surface area (TPSA) is 59.1 Å². The van der Waals surface area contributed by atoms with Crippen molar-refractivity contribution in [3.63, 3.8) is 0 Å². The Morgan fingerprint density at radius 3 is 2.43 bits per heavy atom. The molecule has 6 nitrogen and oxygen atoms in total. The number of anilines is 1. The first-order valence-corrected chi connectivity index (χ1v) is 9.60. The van der Waals surface area contributed by atoms with Gasteiger partial charge in [0.25, 0.3) is 5.91 Å². The van der Waals surface area contributed by atoms with Gasteiger partial charge in [-0.3, -0.25) is 9.59 Å². The van der Waals surface area contributed by atoms with Crippen LogP contribution in [0.3, 0.4) is 0 Å². The lowest BCUT2D eigenvalue weighted by molar-refractivity contribution is -0.120. The molecule has 1 aliphatic rings. The molecule has 1 fully saturated rings. The molecule has 0 saturated carbocycles. The highest BCUT2D eigenvalue weighted by Gasteiger charge is 2.37. The lowest BCUT2D eigenvalue weighted by atomic mass is 10.1. The Labute approximate surface area is 165 Å². The minimum Gasteiger partial charge on any atom is -0.490 e. The van der Waals surface area contributed by atoms with Crippen molar-refractivity contribution in [2.24, 2.45) is 0 Å². The van der Waals surface area contributed by atoms with Gasteiger partial charge in [-0.15, -0.1) is 0 Å². The lowest BCUT2D eigenvalue weighted by Gasteiger charge is -2.24. The summed E-state index contributed by atoms with van der Waals surface area (Å²) in [6.45, 7) is 5.36. The predicted octanol–water partition coefficient (Wildman–Crippen LogP) is 3.36. The number of hydrogen-bond donors (Lipinski definition) is 0. The molecule has 1 unspecified atom stereocenters. The second-order valence-corrected chi connectivity index (χ2v) is 6.57. The Hall–Kier alpha value is -3.02. The number of carbonyl (C=O) groups excluding carboxylic acids is 2. The summed E-state index contributed by atoms with van der Waals surface area (Å²) in [5.41, 5.74) is 1.33. The number of rotatable bonds is 7. The maximum absolute atomic E-state index is 13.0. The van der Waals surface area contributed by atoms with Crippen LogP contribution in [0.15, 0.2) is 48.5 Å². The van der Waals surface area contributed by atoms with Gasteiger partial charge in [-0.25, -0.2) is 0 Å². The molecule has 0 radical (unpaired) electrons. The van der Waals surface area contributed by atoms with Gasteiger partial charge in [0.1, 0.15) is 6.04 Å². The molecule has 1 heterocycles. The molecule has 1 aliphatic heterocycles. The maximum Gasteiger partial charge on any atom is 0.254 e. The molecular formula is C22H26N2O4. The number of carbonyl (C=O) groups is 2. The van der Waals surface area contributed by atoms with Gasteiger partial charge in [0.05, 0.1) is 13.2 Å². The normalized spacial score (nSPS) is 16.2. The Morgan fingerprint density at radius 1 is 1.07 bits per heavy atom. The van der Waals surface area contributed by atoms with E-state index in [1.807, 2.05) is 44.2 Å². The zero-order valence-corrected chi connectivity index (χ0v) is 16.6. The van der Waals surface area contributed by atoms with E-state index in [2.05, 4.69) is 0 Å². The molecule has 3 rings (SSSR count). The lowest BCUT2D eigenvalue weighted by Crippen LogP contribution is -2.43. The molecule has 0 aromatic heterocycles. The summed E-state index contributed by atoms with van der Waals surface area (Å²) < 4.78 is 11.2. The number of hydrogen-bond acceptors (Lipinski definition) is 4. The van der Waals surface area contributed by atoms with E-state index in [4.69, 9.17) is 9.47 Å². The van der Waals surface area contributed by atoms with Crippen molar-refractivity contribution in [1.82, 2.24) is 4.90 Å². The second-order valence-electron chi connectivity index (χ2n) is 6.57. The summed E-state index contributed by atoms with van der Waals surface area (Å²) in [6.07, 6.45) is 0.602. The van der Waals surface area contributed by atoms with Crippen LogP contribution in [0.4, 0.5) is 5.69 Å². The molecule has 0 spiro atoms. The fourth-order valence-corrected chi connectivity index (χ4v) is 3.42. The Kier molecular flexibility index (Phi) is 6.19. The number of likely N-dealkylation sites (N-methyl/N-ethyl adjacent to an activating group) is 1. The quantitative estimate of drug-likeness (QED) is 0.737. The molecule has 28 heavy (non-hydrogen) atoms. The number of benzene rings is 2. The smallest absolute Gasteiger partial charge is 0.254 e. The highest BCUT2D eigenvalue weighted by molar-refractivity contribution is 6.04. The molecule has 1 saturated heterocycles. The minimum atomic E-state index is -0.477. The molecule has 148 valence electrons. The number of nitrogens with zero attached hydrogens (tertiary/aromatic N) is 2. The first-order valence-electron chi connectivity index (χ1n) is 9.60. The molecule has 0 bridgehead atoms. The van der Waals surface area contributed by atoms with Gasteiger partial charge >= 0.3 is 0 Å². The van der Waals surface area contributed by atoms with Gasteiger partial charge in [0.2, 0.25) is 5.91 Å². The summed E-state index contributed by atoms with van der Waals surface area (Å²) in [5.74, 6) is 0.873. The van der Waals surface area contributed by atoms with E-state index in [1.54, 1.807) is 30.1 Å². The summed E-state index contributed by atoms with van der Waals surface area (Å²) in [5, 5.41) is 0. The standard InChI is InChI=1S/C22H26N2O4/c1-4-27-19-12-11-16(15-20(19)28-5-2)21(25)23(3)18-13-14-24(22(18)26)17-9-7-6-8-10-17/h6-12,15,18H,4-5,13-14H2,1-3H3. The van der Waals surface area contributed by atoms with Crippen LogP contribution in [0, 0.1) is 0 Å². The van der Waals surface area contributed by atoms with Crippen molar-refractivity contribution in [2.75, 3.05) is 31.7 Å². The first kappa shape index (κ1) is 19.7. The van der Waals surface area contributed by atoms with Gasteiger partial charge in [-0.1, -0.05) is 18.2 Å². The minimum absolute atomic E-state index is 0.0574. The summed E-state index contributed by atoms with van der Waals surface area (Å²) in [4.78, 5) is 29.1. The van der Waals surface area contributed by atoms with Crippen molar-refractivity contribution in [2.45, 2.75) is 26.3 Å². The second kappa shape index (κ2) is 8.78. The van der Waals surface area contributed by atoms with Crippen molar-refractivity contribution in [3.05, 3.63) is 54.1 Å². The number of amides is 2. The highest BCUT2D eigenvalue weighted by atomic mass is 16.5. The number of para-hydroxylation sites is 1. The van der Waals surface area contributed by atoms with Crippen molar-refractivity contribution in [3.8, 4) is 11.5 Å². The van der Waals surface area contributed by atoms with Gasteiger partial charge < -0.3 is 19.3 Å². The third-order valence-electron chi connectivity index (χ3n) is 4.82. The molecule has 2 aromatic carbocycles. The van der Waals surface area contributed by atoms with E-state index in [0.717, 1.165) is 5.69 Å². The van der Waals surface area contributed by atoms with Gasteiger partial charge in [-0.2, -0.15) is 0 Å². The van der Waals surface area contributed by atoms with Crippen LogP contribution in [0.25, 0.3) is 0 Å². The van der Waals surface area contributed by atoms with E-state index in [-0.39, 0.29) is 11.8 Å². The molecule has 2 aromatic rings.